The Kier molecular flexibility index (Phi) is 7.52. The molecule has 180 valence electrons. The maximum absolute atomic E-state index is 14.9. The quantitative estimate of drug-likeness (QED) is 0.391. The highest BCUT2D eigenvalue weighted by Gasteiger charge is 2.32. The van der Waals surface area contributed by atoms with E-state index < -0.39 is 38.7 Å². The lowest BCUT2D eigenvalue weighted by atomic mass is 10.0. The van der Waals surface area contributed by atoms with Gasteiger partial charge in [0, 0.05) is 11.1 Å². The van der Waals surface area contributed by atoms with Crippen molar-refractivity contribution >= 4 is 33.0 Å². The predicted octanol–water partition coefficient (Wildman–Crippen LogP) is 6.02. The van der Waals surface area contributed by atoms with Gasteiger partial charge in [0.2, 0.25) is 5.91 Å². The molecule has 3 rings (SSSR count). The second kappa shape index (κ2) is 10.0. The fraction of sp³-hybridized carbons (Fsp3) is 0.174. The summed E-state index contributed by atoms with van der Waals surface area (Å²) in [5.74, 6) is -2.25. The first-order valence-electron chi connectivity index (χ1n) is 9.86. The van der Waals surface area contributed by atoms with E-state index in [4.69, 9.17) is 11.6 Å². The van der Waals surface area contributed by atoms with Crippen LogP contribution in [0.15, 0.2) is 65.6 Å². The maximum atomic E-state index is 14.9. The van der Waals surface area contributed by atoms with Crippen LogP contribution in [0, 0.1) is 5.82 Å². The molecule has 0 aliphatic rings. The highest BCUT2D eigenvalue weighted by atomic mass is 35.5. The summed E-state index contributed by atoms with van der Waals surface area (Å²) in [7, 11) is -3.38. The molecule has 0 bridgehead atoms. The zero-order valence-corrected chi connectivity index (χ0v) is 19.2. The van der Waals surface area contributed by atoms with Gasteiger partial charge in [-0.1, -0.05) is 54.9 Å². The molecular formula is C23H18ClF4NO4S. The average Bonchev–Trinajstić information content (AvgIpc) is 2.77. The van der Waals surface area contributed by atoms with Gasteiger partial charge >= 0.3 is 6.36 Å². The molecule has 3 aromatic rings. The topological polar surface area (TPSA) is 72.5 Å². The number of alkyl halides is 3. The number of halogens is 5. The van der Waals surface area contributed by atoms with E-state index in [-0.39, 0.29) is 33.9 Å². The van der Waals surface area contributed by atoms with Crippen LogP contribution in [0.3, 0.4) is 0 Å². The van der Waals surface area contributed by atoms with Crippen molar-refractivity contribution in [2.45, 2.75) is 24.6 Å². The Morgan fingerprint density at radius 1 is 1.00 bits per heavy atom. The minimum absolute atomic E-state index is 0.0512. The highest BCUT2D eigenvalue weighted by molar-refractivity contribution is 7.91. The molecule has 0 heterocycles. The highest BCUT2D eigenvalue weighted by Crippen LogP contribution is 2.40. The molecule has 0 aliphatic heterocycles. The van der Waals surface area contributed by atoms with Gasteiger partial charge in [-0.15, -0.1) is 13.2 Å². The van der Waals surface area contributed by atoms with E-state index in [0.717, 1.165) is 6.07 Å². The van der Waals surface area contributed by atoms with Crippen LogP contribution in [0.1, 0.15) is 12.5 Å². The van der Waals surface area contributed by atoms with Crippen molar-refractivity contribution in [3.8, 4) is 16.9 Å². The van der Waals surface area contributed by atoms with E-state index in [1.165, 1.54) is 61.5 Å². The standard InChI is InChI=1S/C23H18ClF4NO4S/c1-2-34(31,32)15-9-7-14(8-10-15)13-20(30)29-18-12-11-17(21(24)22(18)25)16-5-3-4-6-19(16)33-23(26,27)28/h3-12H,2,13H2,1H3,(H,29,30). The number of anilines is 1. The van der Waals surface area contributed by atoms with Gasteiger partial charge < -0.3 is 10.1 Å². The van der Waals surface area contributed by atoms with Gasteiger partial charge in [0.05, 0.1) is 27.8 Å². The molecule has 11 heteroatoms. The van der Waals surface area contributed by atoms with Gasteiger partial charge in [-0.05, 0) is 29.8 Å². The van der Waals surface area contributed by atoms with Crippen molar-refractivity contribution in [2.75, 3.05) is 11.1 Å². The number of ether oxygens (including phenoxy) is 1. The molecule has 0 aromatic heterocycles. The van der Waals surface area contributed by atoms with Crippen molar-refractivity contribution in [2.24, 2.45) is 0 Å². The van der Waals surface area contributed by atoms with E-state index in [2.05, 4.69) is 10.1 Å². The number of amides is 1. The molecule has 0 unspecified atom stereocenters. The number of nitrogens with one attached hydrogen (secondary N) is 1. The molecule has 3 aromatic carbocycles. The summed E-state index contributed by atoms with van der Waals surface area (Å²) >= 11 is 6.07. The molecule has 5 nitrogen and oxygen atoms in total. The Morgan fingerprint density at radius 2 is 1.65 bits per heavy atom. The molecule has 0 radical (unpaired) electrons. The largest absolute Gasteiger partial charge is 0.573 e. The lowest BCUT2D eigenvalue weighted by Gasteiger charge is -2.15. The number of hydrogen-bond donors (Lipinski definition) is 1. The molecule has 0 saturated heterocycles. The fourth-order valence-electron chi connectivity index (χ4n) is 3.12. The Balaban J connectivity index is 1.79. The Bertz CT molecular complexity index is 1310. The van der Waals surface area contributed by atoms with E-state index in [9.17, 15) is 30.8 Å². The second-order valence-electron chi connectivity index (χ2n) is 7.10. The van der Waals surface area contributed by atoms with Crippen molar-refractivity contribution in [3.05, 3.63) is 77.1 Å². The minimum Gasteiger partial charge on any atom is -0.405 e. The van der Waals surface area contributed by atoms with Crippen LogP contribution in [-0.2, 0) is 21.1 Å². The van der Waals surface area contributed by atoms with Gasteiger partial charge in [0.25, 0.3) is 0 Å². The third-order valence-electron chi connectivity index (χ3n) is 4.79. The van der Waals surface area contributed by atoms with Crippen LogP contribution in [0.2, 0.25) is 5.02 Å². The Labute approximate surface area is 198 Å². The van der Waals surface area contributed by atoms with Gasteiger partial charge in [-0.3, -0.25) is 4.79 Å². The van der Waals surface area contributed by atoms with Crippen LogP contribution in [0.5, 0.6) is 5.75 Å². The van der Waals surface area contributed by atoms with Crippen LogP contribution in [0.4, 0.5) is 23.2 Å². The lowest BCUT2D eigenvalue weighted by Crippen LogP contribution is -2.17. The second-order valence-corrected chi connectivity index (χ2v) is 9.76. The molecule has 0 saturated carbocycles. The van der Waals surface area contributed by atoms with Crippen LogP contribution in [-0.4, -0.2) is 26.4 Å². The van der Waals surface area contributed by atoms with E-state index in [1.807, 2.05) is 0 Å². The fourth-order valence-corrected chi connectivity index (χ4v) is 4.27. The van der Waals surface area contributed by atoms with Crippen molar-refractivity contribution in [1.29, 1.82) is 0 Å². The monoisotopic (exact) mass is 515 g/mol. The summed E-state index contributed by atoms with van der Waals surface area (Å²) in [6, 6.07) is 13.3. The summed E-state index contributed by atoms with van der Waals surface area (Å²) in [4.78, 5) is 12.5. The van der Waals surface area contributed by atoms with Gasteiger partial charge in [-0.2, -0.15) is 0 Å². The molecule has 0 aliphatic carbocycles. The number of rotatable bonds is 7. The predicted molar refractivity (Wildman–Crippen MR) is 120 cm³/mol. The molecule has 34 heavy (non-hydrogen) atoms. The summed E-state index contributed by atoms with van der Waals surface area (Å²) in [5.41, 5.74) is 0.0977. The summed E-state index contributed by atoms with van der Waals surface area (Å²) in [5, 5.41) is 1.86. The number of sulfone groups is 1. The summed E-state index contributed by atoms with van der Waals surface area (Å²) in [6.45, 7) is 1.52. The van der Waals surface area contributed by atoms with Gasteiger partial charge in [0.1, 0.15) is 5.75 Å². The smallest absolute Gasteiger partial charge is 0.405 e. The molecule has 1 N–H and O–H groups in total. The first-order valence-corrected chi connectivity index (χ1v) is 11.9. The minimum atomic E-state index is -4.95. The number of hydrogen-bond acceptors (Lipinski definition) is 4. The van der Waals surface area contributed by atoms with E-state index >= 15 is 0 Å². The summed E-state index contributed by atoms with van der Waals surface area (Å²) in [6.07, 6.45) is -5.12. The molecule has 0 fully saturated rings. The SMILES string of the molecule is CCS(=O)(=O)c1ccc(CC(=O)Nc2ccc(-c3ccccc3OC(F)(F)F)c(Cl)c2F)cc1. The molecule has 0 atom stereocenters. The first kappa shape index (κ1) is 25.5. The number of carbonyl (C=O) groups is 1. The summed E-state index contributed by atoms with van der Waals surface area (Å²) < 4.78 is 80.7. The lowest BCUT2D eigenvalue weighted by molar-refractivity contribution is -0.274. The molecular weight excluding hydrogens is 498 g/mol. The first-order chi connectivity index (χ1) is 15.9. The van der Waals surface area contributed by atoms with Crippen LogP contribution in [0.25, 0.3) is 11.1 Å². The van der Waals surface area contributed by atoms with Crippen molar-refractivity contribution < 1.29 is 35.5 Å². The average molecular weight is 516 g/mol. The Morgan fingerprint density at radius 3 is 2.26 bits per heavy atom. The number of carbonyl (C=O) groups excluding carboxylic acids is 1. The van der Waals surface area contributed by atoms with Gasteiger partial charge in [0.15, 0.2) is 15.7 Å². The van der Waals surface area contributed by atoms with E-state index in [1.54, 1.807) is 0 Å². The number of benzene rings is 3. The molecule has 1 amide bonds. The van der Waals surface area contributed by atoms with Crippen molar-refractivity contribution in [3.63, 3.8) is 0 Å². The van der Waals surface area contributed by atoms with Gasteiger partial charge in [-0.25, -0.2) is 12.8 Å². The molecule has 0 spiro atoms. The zero-order chi connectivity index (χ0) is 25.1. The Hall–Kier alpha value is -3.11. The van der Waals surface area contributed by atoms with Crippen LogP contribution < -0.4 is 10.1 Å². The third-order valence-corrected chi connectivity index (χ3v) is 6.91. The third kappa shape index (κ3) is 6.06. The van der Waals surface area contributed by atoms with Crippen molar-refractivity contribution in [1.82, 2.24) is 0 Å². The normalized spacial score (nSPS) is 11.8. The van der Waals surface area contributed by atoms with E-state index in [0.29, 0.717) is 5.56 Å². The zero-order valence-electron chi connectivity index (χ0n) is 17.6. The van der Waals surface area contributed by atoms with Crippen LogP contribution >= 0.6 is 11.6 Å². The number of para-hydroxylation sites is 1. The maximum Gasteiger partial charge on any atom is 0.573 e.